The quantitative estimate of drug-likeness (QED) is 0.675. The van der Waals surface area contributed by atoms with Crippen molar-refractivity contribution in [3.63, 3.8) is 0 Å². The summed E-state index contributed by atoms with van der Waals surface area (Å²) in [4.78, 5) is 24.9. The zero-order chi connectivity index (χ0) is 19.9. The standard InChI is InChI=1S/C22H23N3O3/c1-3-28-19-12-10-18(11-13-19)23-22(27)24-20-5-4-14-25(21(20)26)15-17-8-6-16(2)7-9-17/h4-14H,3,15H2,1-2H3,(H2,23,24,27). The van der Waals surface area contributed by atoms with Crippen LogP contribution in [-0.2, 0) is 6.54 Å². The van der Waals surface area contributed by atoms with E-state index >= 15 is 0 Å². The summed E-state index contributed by atoms with van der Waals surface area (Å²) in [6.45, 7) is 4.94. The molecule has 1 aromatic heterocycles. The average molecular weight is 377 g/mol. The summed E-state index contributed by atoms with van der Waals surface area (Å²) in [6.07, 6.45) is 1.71. The third-order valence-electron chi connectivity index (χ3n) is 4.17. The first-order valence-corrected chi connectivity index (χ1v) is 9.11. The lowest BCUT2D eigenvalue weighted by molar-refractivity contribution is 0.262. The maximum atomic E-state index is 12.6. The molecular formula is C22H23N3O3. The Balaban J connectivity index is 1.67. The summed E-state index contributed by atoms with van der Waals surface area (Å²) >= 11 is 0. The fourth-order valence-corrected chi connectivity index (χ4v) is 2.73. The van der Waals surface area contributed by atoms with Crippen LogP contribution in [0, 0.1) is 6.92 Å². The molecule has 3 rings (SSSR count). The number of nitrogens with zero attached hydrogens (tertiary/aromatic N) is 1. The number of ether oxygens (including phenoxy) is 1. The molecule has 6 nitrogen and oxygen atoms in total. The normalized spacial score (nSPS) is 10.4. The molecule has 0 aliphatic carbocycles. The van der Waals surface area contributed by atoms with E-state index in [9.17, 15) is 9.59 Å². The maximum Gasteiger partial charge on any atom is 0.323 e. The minimum absolute atomic E-state index is 0.220. The zero-order valence-corrected chi connectivity index (χ0v) is 15.9. The molecule has 0 bridgehead atoms. The molecule has 2 N–H and O–H groups in total. The second kappa shape index (κ2) is 8.90. The molecule has 0 aliphatic heterocycles. The number of urea groups is 1. The number of carbonyl (C=O) groups excluding carboxylic acids is 1. The Kier molecular flexibility index (Phi) is 6.11. The Morgan fingerprint density at radius 2 is 1.71 bits per heavy atom. The van der Waals surface area contributed by atoms with Gasteiger partial charge in [-0.15, -0.1) is 0 Å². The van der Waals surface area contributed by atoms with Crippen LogP contribution in [0.4, 0.5) is 16.2 Å². The lowest BCUT2D eigenvalue weighted by Gasteiger charge is -2.11. The predicted molar refractivity (Wildman–Crippen MR) is 111 cm³/mol. The molecule has 0 spiro atoms. The van der Waals surface area contributed by atoms with Gasteiger partial charge in [-0.25, -0.2) is 4.79 Å². The summed E-state index contributed by atoms with van der Waals surface area (Å²) in [5.41, 5.74) is 2.75. The van der Waals surface area contributed by atoms with Gasteiger partial charge in [0.25, 0.3) is 5.56 Å². The third kappa shape index (κ3) is 5.01. The highest BCUT2D eigenvalue weighted by Gasteiger charge is 2.08. The van der Waals surface area contributed by atoms with Crippen LogP contribution >= 0.6 is 0 Å². The number of benzene rings is 2. The Morgan fingerprint density at radius 1 is 1.00 bits per heavy atom. The fourth-order valence-electron chi connectivity index (χ4n) is 2.73. The number of hydrogen-bond donors (Lipinski definition) is 2. The van der Waals surface area contributed by atoms with E-state index < -0.39 is 6.03 Å². The van der Waals surface area contributed by atoms with Crippen molar-refractivity contribution in [1.29, 1.82) is 0 Å². The number of amides is 2. The number of nitrogens with one attached hydrogen (secondary N) is 2. The number of aryl methyl sites for hydroxylation is 1. The van der Waals surface area contributed by atoms with Crippen molar-refractivity contribution in [1.82, 2.24) is 4.57 Å². The number of carbonyl (C=O) groups is 1. The number of hydrogen-bond acceptors (Lipinski definition) is 3. The van der Waals surface area contributed by atoms with Crippen molar-refractivity contribution in [3.8, 4) is 5.75 Å². The van der Waals surface area contributed by atoms with Gasteiger partial charge in [-0.2, -0.15) is 0 Å². The van der Waals surface area contributed by atoms with E-state index in [0.717, 1.165) is 16.9 Å². The molecule has 0 atom stereocenters. The summed E-state index contributed by atoms with van der Waals surface area (Å²) in [6, 6.07) is 17.9. The van der Waals surface area contributed by atoms with Gasteiger partial charge >= 0.3 is 6.03 Å². The number of pyridine rings is 1. The molecule has 0 aliphatic rings. The molecule has 28 heavy (non-hydrogen) atoms. The second-order valence-electron chi connectivity index (χ2n) is 6.38. The molecule has 3 aromatic rings. The van der Waals surface area contributed by atoms with Crippen LogP contribution in [0.2, 0.25) is 0 Å². The maximum absolute atomic E-state index is 12.6. The van der Waals surface area contributed by atoms with Crippen LogP contribution in [0.1, 0.15) is 18.1 Å². The van der Waals surface area contributed by atoms with Gasteiger partial charge in [0.2, 0.25) is 0 Å². The molecule has 0 radical (unpaired) electrons. The molecular weight excluding hydrogens is 354 g/mol. The molecule has 0 unspecified atom stereocenters. The molecule has 1 heterocycles. The summed E-state index contributed by atoms with van der Waals surface area (Å²) < 4.78 is 6.94. The van der Waals surface area contributed by atoms with Gasteiger partial charge in [0.1, 0.15) is 11.4 Å². The van der Waals surface area contributed by atoms with E-state index in [2.05, 4.69) is 10.6 Å². The second-order valence-corrected chi connectivity index (χ2v) is 6.38. The van der Waals surface area contributed by atoms with Crippen molar-refractivity contribution in [2.45, 2.75) is 20.4 Å². The van der Waals surface area contributed by atoms with Gasteiger partial charge in [0, 0.05) is 11.9 Å². The average Bonchev–Trinajstić information content (AvgIpc) is 2.68. The van der Waals surface area contributed by atoms with Crippen molar-refractivity contribution in [3.05, 3.63) is 88.3 Å². The molecule has 0 saturated carbocycles. The minimum atomic E-state index is -0.477. The Hall–Kier alpha value is -3.54. The predicted octanol–water partition coefficient (Wildman–Crippen LogP) is 4.25. The zero-order valence-electron chi connectivity index (χ0n) is 15.9. The lowest BCUT2D eigenvalue weighted by Crippen LogP contribution is -2.28. The molecule has 2 aromatic carbocycles. The van der Waals surface area contributed by atoms with Crippen LogP contribution in [0.5, 0.6) is 5.75 Å². The topological polar surface area (TPSA) is 72.4 Å². The smallest absolute Gasteiger partial charge is 0.323 e. The number of aromatic nitrogens is 1. The minimum Gasteiger partial charge on any atom is -0.494 e. The van der Waals surface area contributed by atoms with Gasteiger partial charge in [-0.05, 0) is 55.8 Å². The van der Waals surface area contributed by atoms with Gasteiger partial charge in [-0.1, -0.05) is 29.8 Å². The highest BCUT2D eigenvalue weighted by molar-refractivity contribution is 5.99. The first-order valence-electron chi connectivity index (χ1n) is 9.11. The monoisotopic (exact) mass is 377 g/mol. The van der Waals surface area contributed by atoms with Gasteiger partial charge in [0.05, 0.1) is 13.2 Å². The Morgan fingerprint density at radius 3 is 2.39 bits per heavy atom. The number of rotatable bonds is 6. The van der Waals surface area contributed by atoms with E-state index in [1.807, 2.05) is 38.1 Å². The van der Waals surface area contributed by atoms with Crippen LogP contribution in [-0.4, -0.2) is 17.2 Å². The molecule has 144 valence electrons. The van der Waals surface area contributed by atoms with Gasteiger partial charge < -0.3 is 19.9 Å². The van der Waals surface area contributed by atoms with Gasteiger partial charge in [0.15, 0.2) is 0 Å². The summed E-state index contributed by atoms with van der Waals surface area (Å²) in [5, 5.41) is 5.33. The van der Waals surface area contributed by atoms with Crippen molar-refractivity contribution >= 4 is 17.4 Å². The molecule has 2 amide bonds. The summed E-state index contributed by atoms with van der Waals surface area (Å²) in [5.74, 6) is 0.732. The van der Waals surface area contributed by atoms with Crippen LogP contribution in [0.15, 0.2) is 71.7 Å². The Bertz CT molecular complexity index is 993. The van der Waals surface area contributed by atoms with E-state index in [0.29, 0.717) is 18.8 Å². The van der Waals surface area contributed by atoms with E-state index in [-0.39, 0.29) is 11.2 Å². The highest BCUT2D eigenvalue weighted by Crippen LogP contribution is 2.16. The van der Waals surface area contributed by atoms with Crippen molar-refractivity contribution < 1.29 is 9.53 Å². The van der Waals surface area contributed by atoms with E-state index in [1.165, 1.54) is 0 Å². The van der Waals surface area contributed by atoms with E-state index in [4.69, 9.17) is 4.74 Å². The van der Waals surface area contributed by atoms with Crippen molar-refractivity contribution in [2.24, 2.45) is 0 Å². The lowest BCUT2D eigenvalue weighted by atomic mass is 10.1. The first-order chi connectivity index (χ1) is 13.5. The van der Waals surface area contributed by atoms with Crippen LogP contribution in [0.3, 0.4) is 0 Å². The van der Waals surface area contributed by atoms with E-state index in [1.54, 1.807) is 47.2 Å². The summed E-state index contributed by atoms with van der Waals surface area (Å²) in [7, 11) is 0. The molecule has 0 saturated heterocycles. The Labute approximate surface area is 163 Å². The first kappa shape index (κ1) is 19.2. The van der Waals surface area contributed by atoms with Gasteiger partial charge in [-0.3, -0.25) is 4.79 Å². The molecule has 6 heteroatoms. The molecule has 0 fully saturated rings. The van der Waals surface area contributed by atoms with Crippen molar-refractivity contribution in [2.75, 3.05) is 17.2 Å². The largest absolute Gasteiger partial charge is 0.494 e. The highest BCUT2D eigenvalue weighted by atomic mass is 16.5. The third-order valence-corrected chi connectivity index (χ3v) is 4.17. The van der Waals surface area contributed by atoms with Crippen LogP contribution in [0.25, 0.3) is 0 Å². The fraction of sp³-hybridized carbons (Fsp3) is 0.182. The van der Waals surface area contributed by atoms with Crippen LogP contribution < -0.4 is 20.9 Å². The number of anilines is 2. The SMILES string of the molecule is CCOc1ccc(NC(=O)Nc2cccn(Cc3ccc(C)cc3)c2=O)cc1.